The lowest BCUT2D eigenvalue weighted by Gasteiger charge is -2.01. The Morgan fingerprint density at radius 1 is 0.643 bits per heavy atom. The number of benzene rings is 2. The third-order valence-corrected chi connectivity index (χ3v) is 2.92. The van der Waals surface area contributed by atoms with Crippen molar-refractivity contribution in [2.45, 2.75) is 12.8 Å². The molecule has 14 heavy (non-hydrogen) atoms. The molecule has 0 saturated heterocycles. The maximum atomic E-state index is 2.30. The van der Waals surface area contributed by atoms with E-state index in [0.717, 1.165) is 12.8 Å². The Morgan fingerprint density at radius 3 is 2.29 bits per heavy atom. The summed E-state index contributed by atoms with van der Waals surface area (Å²) in [5.41, 5.74) is 5.56. The monoisotopic (exact) mass is 180 g/mol. The van der Waals surface area contributed by atoms with E-state index in [1.807, 2.05) is 0 Å². The van der Waals surface area contributed by atoms with Crippen molar-refractivity contribution < 1.29 is 0 Å². The molecule has 2 aromatic rings. The summed E-state index contributed by atoms with van der Waals surface area (Å²) < 4.78 is 0. The molecule has 2 aromatic carbocycles. The summed E-state index contributed by atoms with van der Waals surface area (Å²) >= 11 is 0. The van der Waals surface area contributed by atoms with Crippen LogP contribution in [0.5, 0.6) is 0 Å². The molecule has 2 aliphatic rings. The summed E-state index contributed by atoms with van der Waals surface area (Å²) in [6.07, 6.45) is 2.31. The van der Waals surface area contributed by atoms with Crippen LogP contribution in [0.4, 0.5) is 0 Å². The van der Waals surface area contributed by atoms with Gasteiger partial charge in [0.2, 0.25) is 0 Å². The van der Waals surface area contributed by atoms with Crippen LogP contribution >= 0.6 is 0 Å². The van der Waals surface area contributed by atoms with Crippen molar-refractivity contribution >= 4 is 0 Å². The molecule has 0 fully saturated rings. The van der Waals surface area contributed by atoms with Gasteiger partial charge in [0.05, 0.1) is 0 Å². The van der Waals surface area contributed by atoms with Crippen LogP contribution < -0.4 is 0 Å². The van der Waals surface area contributed by atoms with E-state index in [2.05, 4.69) is 48.5 Å². The van der Waals surface area contributed by atoms with E-state index in [-0.39, 0.29) is 0 Å². The summed E-state index contributed by atoms with van der Waals surface area (Å²) in [4.78, 5) is 0. The molecule has 0 saturated carbocycles. The van der Waals surface area contributed by atoms with Gasteiger partial charge in [0.1, 0.15) is 0 Å². The first-order valence-electron chi connectivity index (χ1n) is 5.10. The first-order chi connectivity index (χ1) is 6.92. The molecule has 4 bridgehead atoms. The van der Waals surface area contributed by atoms with Crippen LogP contribution in [0, 0.1) is 0 Å². The predicted octanol–water partition coefficient (Wildman–Crippen LogP) is 3.45. The highest BCUT2D eigenvalue weighted by Gasteiger charge is 2.04. The molecule has 0 atom stereocenters. The van der Waals surface area contributed by atoms with Gasteiger partial charge >= 0.3 is 0 Å². The van der Waals surface area contributed by atoms with Gasteiger partial charge in [-0.25, -0.2) is 0 Å². The largest absolute Gasteiger partial charge is 0.0614 e. The quantitative estimate of drug-likeness (QED) is 0.582. The minimum Gasteiger partial charge on any atom is -0.0614 e. The fourth-order valence-corrected chi connectivity index (χ4v) is 2.06. The highest BCUT2D eigenvalue weighted by atomic mass is 14.1. The Balaban J connectivity index is 2.26. The van der Waals surface area contributed by atoms with Crippen molar-refractivity contribution in [3.05, 3.63) is 59.7 Å². The first-order valence-corrected chi connectivity index (χ1v) is 5.10. The molecule has 2 aliphatic carbocycles. The zero-order valence-electron chi connectivity index (χ0n) is 8.03. The Labute approximate surface area is 84.2 Å². The first kappa shape index (κ1) is 7.81. The maximum Gasteiger partial charge on any atom is -0.0181 e. The van der Waals surface area contributed by atoms with Gasteiger partial charge in [-0.05, 0) is 35.1 Å². The number of rotatable bonds is 0. The third kappa shape index (κ3) is 1.24. The zero-order chi connectivity index (χ0) is 9.38. The van der Waals surface area contributed by atoms with Crippen LogP contribution in [0.15, 0.2) is 48.5 Å². The number of aryl methyl sites for hydroxylation is 2. The fraction of sp³-hybridized carbons (Fsp3) is 0.143. The van der Waals surface area contributed by atoms with E-state index in [0.29, 0.717) is 0 Å². The second-order valence-electron chi connectivity index (χ2n) is 3.90. The maximum absolute atomic E-state index is 2.30. The molecule has 0 heterocycles. The van der Waals surface area contributed by atoms with Crippen molar-refractivity contribution in [1.29, 1.82) is 0 Å². The van der Waals surface area contributed by atoms with E-state index in [1.54, 1.807) is 0 Å². The second kappa shape index (κ2) is 2.98. The summed E-state index contributed by atoms with van der Waals surface area (Å²) in [6, 6.07) is 17.8. The summed E-state index contributed by atoms with van der Waals surface area (Å²) in [5.74, 6) is 0. The van der Waals surface area contributed by atoms with Gasteiger partial charge in [-0.2, -0.15) is 0 Å². The molecule has 4 rings (SSSR count). The fourth-order valence-electron chi connectivity index (χ4n) is 2.06. The predicted molar refractivity (Wildman–Crippen MR) is 59.3 cm³/mol. The normalized spacial score (nSPS) is 13.1. The summed E-state index contributed by atoms with van der Waals surface area (Å²) in [7, 11) is 0. The molecule has 0 unspecified atom stereocenters. The minimum absolute atomic E-state index is 1.16. The van der Waals surface area contributed by atoms with E-state index >= 15 is 0 Å². The molecule has 0 aliphatic heterocycles. The number of hydrogen-bond acceptors (Lipinski definition) is 0. The lowest BCUT2D eigenvalue weighted by atomic mass is 10.0. The molecule has 0 heteroatoms. The minimum atomic E-state index is 1.16. The molecule has 0 aromatic heterocycles. The van der Waals surface area contributed by atoms with Crippen molar-refractivity contribution in [3.8, 4) is 11.1 Å². The van der Waals surface area contributed by atoms with E-state index in [9.17, 15) is 0 Å². The Bertz CT molecular complexity index is 452. The zero-order valence-corrected chi connectivity index (χ0v) is 8.03. The van der Waals surface area contributed by atoms with Gasteiger partial charge in [-0.1, -0.05) is 48.5 Å². The van der Waals surface area contributed by atoms with Gasteiger partial charge in [-0.3, -0.25) is 0 Å². The van der Waals surface area contributed by atoms with Crippen LogP contribution in [0.2, 0.25) is 0 Å². The van der Waals surface area contributed by atoms with E-state index in [4.69, 9.17) is 0 Å². The molecule has 68 valence electrons. The van der Waals surface area contributed by atoms with Crippen molar-refractivity contribution in [3.63, 3.8) is 0 Å². The third-order valence-electron chi connectivity index (χ3n) is 2.92. The lowest BCUT2D eigenvalue weighted by Crippen LogP contribution is -1.88. The Morgan fingerprint density at radius 2 is 1.43 bits per heavy atom. The topological polar surface area (TPSA) is 0 Å². The smallest absolute Gasteiger partial charge is 0.0181 e. The summed E-state index contributed by atoms with van der Waals surface area (Å²) in [6.45, 7) is 0. The highest BCUT2D eigenvalue weighted by Crippen LogP contribution is 2.24. The van der Waals surface area contributed by atoms with Crippen LogP contribution in [0.1, 0.15) is 11.1 Å². The van der Waals surface area contributed by atoms with Gasteiger partial charge in [0, 0.05) is 0 Å². The molecular formula is C14H12. The summed E-state index contributed by atoms with van der Waals surface area (Å²) in [5, 5.41) is 0. The molecule has 0 radical (unpaired) electrons. The number of hydrogen-bond donors (Lipinski definition) is 0. The highest BCUT2D eigenvalue weighted by molar-refractivity contribution is 5.64. The Kier molecular flexibility index (Phi) is 1.66. The van der Waals surface area contributed by atoms with Gasteiger partial charge in [0.15, 0.2) is 0 Å². The molecule has 0 N–H and O–H groups in total. The van der Waals surface area contributed by atoms with Gasteiger partial charge in [0.25, 0.3) is 0 Å². The number of fused-ring (bicyclic) bond motifs is 3. The lowest BCUT2D eigenvalue weighted by molar-refractivity contribution is 0.964. The van der Waals surface area contributed by atoms with Gasteiger partial charge < -0.3 is 0 Å². The van der Waals surface area contributed by atoms with Crippen molar-refractivity contribution in [2.75, 3.05) is 0 Å². The molecule has 0 nitrogen and oxygen atoms in total. The standard InChI is InChI=1S/C14H12/c1-2-12-5-4-11-6-8-13(9-7-11)14(3-1)10-12/h1-3,6-10H,4-5H2. The van der Waals surface area contributed by atoms with Crippen LogP contribution in [-0.4, -0.2) is 0 Å². The van der Waals surface area contributed by atoms with Crippen molar-refractivity contribution in [1.82, 2.24) is 0 Å². The van der Waals surface area contributed by atoms with E-state index in [1.165, 1.54) is 22.3 Å². The van der Waals surface area contributed by atoms with Gasteiger partial charge in [-0.15, -0.1) is 0 Å². The van der Waals surface area contributed by atoms with Crippen LogP contribution in [0.25, 0.3) is 11.1 Å². The average molecular weight is 180 g/mol. The molecule has 0 spiro atoms. The van der Waals surface area contributed by atoms with Crippen LogP contribution in [-0.2, 0) is 12.8 Å². The second-order valence-corrected chi connectivity index (χ2v) is 3.90. The molecule has 0 amide bonds. The van der Waals surface area contributed by atoms with Crippen molar-refractivity contribution in [2.24, 2.45) is 0 Å². The Hall–Kier alpha value is -1.56. The average Bonchev–Trinajstić information content (AvgIpc) is 2.35. The van der Waals surface area contributed by atoms with E-state index < -0.39 is 0 Å². The molecular weight excluding hydrogens is 168 g/mol. The SMILES string of the molecule is c1cc2cc(c1)-c1ccc(cc1)CC2. The van der Waals surface area contributed by atoms with Crippen LogP contribution in [0.3, 0.4) is 0 Å².